The lowest BCUT2D eigenvalue weighted by molar-refractivity contribution is -0.134. The van der Waals surface area contributed by atoms with Crippen LogP contribution in [0.15, 0.2) is 48.7 Å². The predicted molar refractivity (Wildman–Crippen MR) is 79.7 cm³/mol. The van der Waals surface area contributed by atoms with E-state index in [-0.39, 0.29) is 5.97 Å². The molecule has 0 unspecified atom stereocenters. The Morgan fingerprint density at radius 1 is 1.15 bits per heavy atom. The third-order valence-corrected chi connectivity index (χ3v) is 3.14. The number of carbonyl (C=O) groups excluding carboxylic acids is 1. The van der Waals surface area contributed by atoms with Gasteiger partial charge in [0.1, 0.15) is 0 Å². The molecule has 0 saturated heterocycles. The first kappa shape index (κ1) is 14.4. The van der Waals surface area contributed by atoms with Gasteiger partial charge in [-0.05, 0) is 24.0 Å². The molecule has 1 aromatic heterocycles. The number of hydrogen-bond donors (Lipinski definition) is 0. The second kappa shape index (κ2) is 6.94. The lowest BCUT2D eigenvalue weighted by Crippen LogP contribution is -2.14. The van der Waals surface area contributed by atoms with Crippen LogP contribution in [0, 0.1) is 5.92 Å². The summed E-state index contributed by atoms with van der Waals surface area (Å²) in [6.07, 6.45) is 3.32. The van der Waals surface area contributed by atoms with Crippen LogP contribution in [0.25, 0.3) is 0 Å². The number of ether oxygens (including phenoxy) is 1. The highest BCUT2D eigenvalue weighted by Crippen LogP contribution is 2.15. The van der Waals surface area contributed by atoms with Gasteiger partial charge in [0.05, 0.1) is 6.42 Å². The Morgan fingerprint density at radius 3 is 2.60 bits per heavy atom. The average molecular weight is 271 g/mol. The van der Waals surface area contributed by atoms with Crippen molar-refractivity contribution in [1.82, 2.24) is 4.57 Å². The minimum absolute atomic E-state index is 0.222. The Morgan fingerprint density at radius 2 is 1.90 bits per heavy atom. The number of rotatable bonds is 6. The third kappa shape index (κ3) is 4.26. The molecule has 3 heteroatoms. The average Bonchev–Trinajstić information content (AvgIpc) is 2.84. The smallest absolute Gasteiger partial charge is 0.316 e. The molecule has 0 atom stereocenters. The van der Waals surface area contributed by atoms with Crippen molar-refractivity contribution >= 4 is 5.97 Å². The van der Waals surface area contributed by atoms with Gasteiger partial charge in [-0.15, -0.1) is 0 Å². The van der Waals surface area contributed by atoms with Gasteiger partial charge in [-0.25, -0.2) is 0 Å². The number of hydrogen-bond acceptors (Lipinski definition) is 2. The highest BCUT2D eigenvalue weighted by molar-refractivity contribution is 5.74. The Balaban J connectivity index is 1.93. The fourth-order valence-electron chi connectivity index (χ4n) is 1.99. The molecule has 0 spiro atoms. The van der Waals surface area contributed by atoms with Crippen molar-refractivity contribution in [2.45, 2.75) is 33.2 Å². The summed E-state index contributed by atoms with van der Waals surface area (Å²) < 4.78 is 7.43. The Labute approximate surface area is 120 Å². The maximum Gasteiger partial charge on any atom is 0.316 e. The summed E-state index contributed by atoms with van der Waals surface area (Å²) in [7, 11) is 0. The number of benzene rings is 1. The first-order chi connectivity index (χ1) is 9.65. The number of esters is 1. The van der Waals surface area contributed by atoms with Gasteiger partial charge in [-0.3, -0.25) is 4.79 Å². The number of carbonyl (C=O) groups is 1. The van der Waals surface area contributed by atoms with Gasteiger partial charge in [-0.2, -0.15) is 0 Å². The molecule has 0 fully saturated rings. The van der Waals surface area contributed by atoms with Crippen molar-refractivity contribution in [3.8, 4) is 5.88 Å². The van der Waals surface area contributed by atoms with Crippen LogP contribution in [-0.2, 0) is 17.8 Å². The van der Waals surface area contributed by atoms with Crippen molar-refractivity contribution in [3.63, 3.8) is 0 Å². The zero-order valence-corrected chi connectivity index (χ0v) is 12.1. The zero-order chi connectivity index (χ0) is 14.4. The summed E-state index contributed by atoms with van der Waals surface area (Å²) in [6, 6.07) is 13.4. The fourth-order valence-corrected chi connectivity index (χ4v) is 1.99. The van der Waals surface area contributed by atoms with Crippen LogP contribution in [0.2, 0.25) is 0 Å². The van der Waals surface area contributed by atoms with Crippen molar-refractivity contribution in [2.75, 3.05) is 0 Å². The molecule has 0 aliphatic carbocycles. The number of nitrogens with zero attached hydrogens (tertiary/aromatic N) is 1. The van der Waals surface area contributed by atoms with E-state index in [4.69, 9.17) is 4.74 Å². The van der Waals surface area contributed by atoms with E-state index in [0.717, 1.165) is 18.5 Å². The van der Waals surface area contributed by atoms with Gasteiger partial charge in [0, 0.05) is 18.8 Å². The van der Waals surface area contributed by atoms with Gasteiger partial charge in [-0.1, -0.05) is 44.2 Å². The monoisotopic (exact) mass is 271 g/mol. The lowest BCUT2D eigenvalue weighted by atomic mass is 10.1. The standard InChI is InChI=1S/C17H21NO2/c1-14(2)10-12-18-11-6-9-16(18)20-17(19)13-15-7-4-3-5-8-15/h3-9,11,14H,10,12-13H2,1-2H3. The van der Waals surface area contributed by atoms with Crippen LogP contribution in [-0.4, -0.2) is 10.5 Å². The van der Waals surface area contributed by atoms with E-state index in [1.54, 1.807) is 0 Å². The maximum atomic E-state index is 11.9. The third-order valence-electron chi connectivity index (χ3n) is 3.14. The molecule has 2 aromatic rings. The van der Waals surface area contributed by atoms with Crippen LogP contribution < -0.4 is 4.74 Å². The van der Waals surface area contributed by atoms with Crippen LogP contribution in [0.4, 0.5) is 0 Å². The van der Waals surface area contributed by atoms with Gasteiger partial charge in [0.2, 0.25) is 5.88 Å². The van der Waals surface area contributed by atoms with E-state index in [1.165, 1.54) is 0 Å². The molecule has 1 heterocycles. The quantitative estimate of drug-likeness (QED) is 0.750. The van der Waals surface area contributed by atoms with E-state index in [9.17, 15) is 4.79 Å². The molecule has 1 aromatic carbocycles. The van der Waals surface area contributed by atoms with Crippen LogP contribution in [0.1, 0.15) is 25.8 Å². The summed E-state index contributed by atoms with van der Waals surface area (Å²) in [5, 5.41) is 0. The molecule has 0 saturated carbocycles. The second-order valence-electron chi connectivity index (χ2n) is 5.36. The van der Waals surface area contributed by atoms with Gasteiger partial charge >= 0.3 is 5.97 Å². The summed E-state index contributed by atoms with van der Waals surface area (Å²) in [6.45, 7) is 5.24. The Kier molecular flexibility index (Phi) is 4.99. The highest BCUT2D eigenvalue weighted by Gasteiger charge is 2.09. The van der Waals surface area contributed by atoms with E-state index < -0.39 is 0 Å². The minimum atomic E-state index is -0.222. The van der Waals surface area contributed by atoms with Crippen LogP contribution in [0.3, 0.4) is 0 Å². The summed E-state index contributed by atoms with van der Waals surface area (Å²) in [5.74, 6) is 1.04. The predicted octanol–water partition coefficient (Wildman–Crippen LogP) is 3.68. The van der Waals surface area contributed by atoms with Gasteiger partial charge in [0.25, 0.3) is 0 Å². The first-order valence-electron chi connectivity index (χ1n) is 7.05. The Hall–Kier alpha value is -2.03. The van der Waals surface area contributed by atoms with Gasteiger partial charge in [0.15, 0.2) is 0 Å². The SMILES string of the molecule is CC(C)CCn1cccc1OC(=O)Cc1ccccc1. The van der Waals surface area contributed by atoms with Crippen LogP contribution >= 0.6 is 0 Å². The molecule has 20 heavy (non-hydrogen) atoms. The Bertz CT molecular complexity index is 543. The maximum absolute atomic E-state index is 11.9. The molecule has 0 radical (unpaired) electrons. The molecule has 0 aliphatic rings. The molecule has 3 nitrogen and oxygen atoms in total. The molecule has 0 amide bonds. The fraction of sp³-hybridized carbons (Fsp3) is 0.353. The summed E-state index contributed by atoms with van der Waals surface area (Å²) >= 11 is 0. The van der Waals surface area contributed by atoms with Crippen molar-refractivity contribution in [1.29, 1.82) is 0 Å². The molecule has 2 rings (SSSR count). The number of aromatic nitrogens is 1. The normalized spacial score (nSPS) is 10.8. The molecule has 106 valence electrons. The highest BCUT2D eigenvalue weighted by atomic mass is 16.5. The van der Waals surface area contributed by atoms with E-state index in [2.05, 4.69) is 13.8 Å². The van der Waals surface area contributed by atoms with Crippen LogP contribution in [0.5, 0.6) is 5.88 Å². The molecule has 0 bridgehead atoms. The first-order valence-corrected chi connectivity index (χ1v) is 7.05. The second-order valence-corrected chi connectivity index (χ2v) is 5.36. The summed E-state index contributed by atoms with van der Waals surface area (Å²) in [5.41, 5.74) is 0.970. The van der Waals surface area contributed by atoms with E-state index >= 15 is 0 Å². The molecular formula is C17H21NO2. The van der Waals surface area contributed by atoms with Crippen molar-refractivity contribution in [2.24, 2.45) is 5.92 Å². The largest absolute Gasteiger partial charge is 0.409 e. The summed E-state index contributed by atoms with van der Waals surface area (Å²) in [4.78, 5) is 11.9. The van der Waals surface area contributed by atoms with E-state index in [1.807, 2.05) is 53.2 Å². The van der Waals surface area contributed by atoms with Crippen molar-refractivity contribution < 1.29 is 9.53 Å². The number of aryl methyl sites for hydroxylation is 1. The lowest BCUT2D eigenvalue weighted by Gasteiger charge is -2.11. The van der Waals surface area contributed by atoms with Gasteiger partial charge < -0.3 is 9.30 Å². The molecular weight excluding hydrogens is 250 g/mol. The zero-order valence-electron chi connectivity index (χ0n) is 12.1. The molecule has 0 N–H and O–H groups in total. The van der Waals surface area contributed by atoms with E-state index in [0.29, 0.717) is 18.2 Å². The van der Waals surface area contributed by atoms with Crippen molar-refractivity contribution in [3.05, 3.63) is 54.2 Å². The topological polar surface area (TPSA) is 31.2 Å². The molecule has 0 aliphatic heterocycles. The minimum Gasteiger partial charge on any atom is -0.409 e.